The van der Waals surface area contributed by atoms with Gasteiger partial charge in [-0.15, -0.1) is 0 Å². The summed E-state index contributed by atoms with van der Waals surface area (Å²) in [7, 11) is -1.04. The van der Waals surface area contributed by atoms with Crippen molar-refractivity contribution in [1.29, 1.82) is 0 Å². The Labute approximate surface area is 93.1 Å². The molecular weight excluding hydrogens is 212 g/mol. The quantitative estimate of drug-likeness (QED) is 0.780. The van der Waals surface area contributed by atoms with Gasteiger partial charge in [-0.1, -0.05) is 6.92 Å². The summed E-state index contributed by atoms with van der Waals surface area (Å²) in [5.41, 5.74) is 0. The normalized spacial score (nSPS) is 29.7. The number of likely N-dealkylation sites (tertiary alicyclic amines) is 1. The Balaban J connectivity index is 2.59. The Kier molecular flexibility index (Phi) is 4.14. The minimum atomic E-state index is -3.12. The first-order valence-corrected chi connectivity index (χ1v) is 7.07. The smallest absolute Gasteiger partial charge is 0.214 e. The first kappa shape index (κ1) is 12.9. The zero-order valence-corrected chi connectivity index (χ0v) is 10.8. The molecule has 1 rings (SSSR count). The molecule has 1 aliphatic heterocycles. The van der Waals surface area contributed by atoms with Gasteiger partial charge in [0.15, 0.2) is 0 Å². The third-order valence-electron chi connectivity index (χ3n) is 3.04. The second-order valence-electron chi connectivity index (χ2n) is 4.85. The van der Waals surface area contributed by atoms with Crippen LogP contribution in [0, 0.1) is 5.92 Å². The van der Waals surface area contributed by atoms with E-state index in [0.717, 1.165) is 19.5 Å². The van der Waals surface area contributed by atoms with Crippen LogP contribution in [0.25, 0.3) is 0 Å². The van der Waals surface area contributed by atoms with Gasteiger partial charge >= 0.3 is 0 Å². The van der Waals surface area contributed by atoms with Crippen molar-refractivity contribution >= 4 is 10.0 Å². The number of piperidine rings is 1. The predicted molar refractivity (Wildman–Crippen MR) is 62.3 cm³/mol. The topological polar surface area (TPSA) is 49.4 Å². The van der Waals surface area contributed by atoms with Gasteiger partial charge in [-0.05, 0) is 39.8 Å². The molecule has 5 heteroatoms. The van der Waals surface area contributed by atoms with Crippen LogP contribution in [0.1, 0.15) is 27.2 Å². The highest BCUT2D eigenvalue weighted by Gasteiger charge is 2.28. The van der Waals surface area contributed by atoms with Crippen molar-refractivity contribution in [2.45, 2.75) is 38.5 Å². The number of sulfonamides is 1. The average Bonchev–Trinajstić information content (AvgIpc) is 2.09. The first-order chi connectivity index (χ1) is 6.83. The van der Waals surface area contributed by atoms with Gasteiger partial charge in [-0.25, -0.2) is 13.1 Å². The molecule has 0 aromatic carbocycles. The van der Waals surface area contributed by atoms with Gasteiger partial charge in [0.2, 0.25) is 10.0 Å². The molecule has 15 heavy (non-hydrogen) atoms. The van der Waals surface area contributed by atoms with Crippen molar-refractivity contribution in [2.24, 2.45) is 5.92 Å². The second-order valence-corrected chi connectivity index (χ2v) is 7.11. The molecule has 1 aliphatic rings. The van der Waals surface area contributed by atoms with Crippen LogP contribution in [0.3, 0.4) is 0 Å². The first-order valence-electron chi connectivity index (χ1n) is 5.52. The number of nitrogens with zero attached hydrogens (tertiary/aromatic N) is 1. The molecule has 0 bridgehead atoms. The lowest BCUT2D eigenvalue weighted by atomic mass is 9.95. The van der Waals surface area contributed by atoms with Crippen LogP contribution in [0.15, 0.2) is 0 Å². The lowest BCUT2D eigenvalue weighted by molar-refractivity contribution is 0.188. The molecule has 0 aromatic rings. The van der Waals surface area contributed by atoms with Gasteiger partial charge in [-0.3, -0.25) is 0 Å². The molecule has 0 aromatic heterocycles. The molecule has 0 aliphatic carbocycles. The summed E-state index contributed by atoms with van der Waals surface area (Å²) in [4.78, 5) is 2.24. The van der Waals surface area contributed by atoms with Gasteiger partial charge in [0.05, 0.1) is 5.25 Å². The SMILES string of the molecule is CC1CN(C)CCC1NS(=O)(=O)C(C)C. The summed E-state index contributed by atoms with van der Waals surface area (Å²) in [6, 6.07) is 0.105. The highest BCUT2D eigenvalue weighted by Crippen LogP contribution is 2.16. The highest BCUT2D eigenvalue weighted by atomic mass is 32.2. The van der Waals surface area contributed by atoms with Crippen LogP contribution >= 0.6 is 0 Å². The summed E-state index contributed by atoms with van der Waals surface area (Å²) in [6.45, 7) is 7.45. The zero-order valence-electron chi connectivity index (χ0n) is 10.0. The summed E-state index contributed by atoms with van der Waals surface area (Å²) in [5.74, 6) is 0.386. The number of hydrogen-bond acceptors (Lipinski definition) is 3. The maximum absolute atomic E-state index is 11.7. The van der Waals surface area contributed by atoms with Gasteiger partial charge in [0.25, 0.3) is 0 Å². The van der Waals surface area contributed by atoms with Crippen LogP contribution in [0.4, 0.5) is 0 Å². The third kappa shape index (κ3) is 3.43. The number of hydrogen-bond donors (Lipinski definition) is 1. The van der Waals surface area contributed by atoms with E-state index in [2.05, 4.69) is 23.6 Å². The summed E-state index contributed by atoms with van der Waals surface area (Å²) in [6.07, 6.45) is 0.906. The predicted octanol–water partition coefficient (Wildman–Crippen LogP) is 0.654. The fourth-order valence-corrected chi connectivity index (χ4v) is 2.92. The van der Waals surface area contributed by atoms with Crippen molar-refractivity contribution in [3.05, 3.63) is 0 Å². The van der Waals surface area contributed by atoms with Crippen LogP contribution < -0.4 is 4.72 Å². The monoisotopic (exact) mass is 234 g/mol. The van der Waals surface area contributed by atoms with E-state index in [1.807, 2.05) is 0 Å². The highest BCUT2D eigenvalue weighted by molar-refractivity contribution is 7.90. The molecule has 0 amide bonds. The van der Waals surface area contributed by atoms with Crippen molar-refractivity contribution in [3.63, 3.8) is 0 Å². The Bertz CT molecular complexity index is 301. The molecule has 1 N–H and O–H groups in total. The van der Waals surface area contributed by atoms with Crippen molar-refractivity contribution < 1.29 is 8.42 Å². The Hall–Kier alpha value is -0.130. The van der Waals surface area contributed by atoms with Crippen LogP contribution in [0.5, 0.6) is 0 Å². The molecule has 0 saturated carbocycles. The summed E-state index contributed by atoms with van der Waals surface area (Å²) < 4.78 is 26.2. The van der Waals surface area contributed by atoms with Crippen molar-refractivity contribution in [3.8, 4) is 0 Å². The van der Waals surface area contributed by atoms with E-state index >= 15 is 0 Å². The summed E-state index contributed by atoms with van der Waals surface area (Å²) in [5, 5.41) is -0.343. The van der Waals surface area contributed by atoms with E-state index in [1.165, 1.54) is 0 Å². The molecule has 90 valence electrons. The van der Waals surface area contributed by atoms with Crippen molar-refractivity contribution in [2.75, 3.05) is 20.1 Å². The third-order valence-corrected chi connectivity index (χ3v) is 4.92. The summed E-state index contributed by atoms with van der Waals surface area (Å²) >= 11 is 0. The van der Waals surface area contributed by atoms with E-state index in [9.17, 15) is 8.42 Å². The van der Waals surface area contributed by atoms with E-state index in [1.54, 1.807) is 13.8 Å². The molecule has 1 heterocycles. The fraction of sp³-hybridized carbons (Fsp3) is 1.00. The zero-order chi connectivity index (χ0) is 11.6. The standard InChI is InChI=1S/C10H22N2O2S/c1-8(2)15(13,14)11-10-5-6-12(4)7-9(10)3/h8-11H,5-7H2,1-4H3. The van der Waals surface area contributed by atoms with E-state index in [-0.39, 0.29) is 11.3 Å². The molecule has 1 fully saturated rings. The van der Waals surface area contributed by atoms with E-state index in [0.29, 0.717) is 5.92 Å². The maximum Gasteiger partial charge on any atom is 0.214 e. The minimum Gasteiger partial charge on any atom is -0.306 e. The van der Waals surface area contributed by atoms with Gasteiger partial charge in [-0.2, -0.15) is 0 Å². The van der Waals surface area contributed by atoms with Crippen LogP contribution in [-0.2, 0) is 10.0 Å². The molecule has 4 nitrogen and oxygen atoms in total. The average molecular weight is 234 g/mol. The van der Waals surface area contributed by atoms with Crippen molar-refractivity contribution in [1.82, 2.24) is 9.62 Å². The number of rotatable bonds is 3. The van der Waals surface area contributed by atoms with Crippen LogP contribution in [-0.4, -0.2) is 44.7 Å². The maximum atomic E-state index is 11.7. The molecule has 0 radical (unpaired) electrons. The molecule has 2 unspecified atom stereocenters. The lowest BCUT2D eigenvalue weighted by Crippen LogP contribution is -2.50. The second kappa shape index (κ2) is 4.80. The fourth-order valence-electron chi connectivity index (χ4n) is 1.88. The molecule has 0 spiro atoms. The van der Waals surface area contributed by atoms with Crippen LogP contribution in [0.2, 0.25) is 0 Å². The Morgan fingerprint density at radius 2 is 2.00 bits per heavy atom. The van der Waals surface area contributed by atoms with E-state index in [4.69, 9.17) is 0 Å². The molecular formula is C10H22N2O2S. The molecule has 2 atom stereocenters. The largest absolute Gasteiger partial charge is 0.306 e. The molecule has 1 saturated heterocycles. The van der Waals surface area contributed by atoms with Gasteiger partial charge in [0.1, 0.15) is 0 Å². The Morgan fingerprint density at radius 1 is 1.40 bits per heavy atom. The van der Waals surface area contributed by atoms with Gasteiger partial charge in [0, 0.05) is 12.6 Å². The lowest BCUT2D eigenvalue weighted by Gasteiger charge is -2.35. The van der Waals surface area contributed by atoms with Gasteiger partial charge < -0.3 is 4.90 Å². The minimum absolute atomic E-state index is 0.105. The number of nitrogens with one attached hydrogen (secondary N) is 1. The Morgan fingerprint density at radius 3 is 2.47 bits per heavy atom. The van der Waals surface area contributed by atoms with E-state index < -0.39 is 10.0 Å².